The van der Waals surface area contributed by atoms with Gasteiger partial charge in [0.2, 0.25) is 17.6 Å². The maximum absolute atomic E-state index is 12.4. The third kappa shape index (κ3) is 4.99. The van der Waals surface area contributed by atoms with E-state index in [0.29, 0.717) is 31.3 Å². The second-order valence-corrected chi connectivity index (χ2v) is 8.58. The first kappa shape index (κ1) is 19.5. The quantitative estimate of drug-likeness (QED) is 0.602. The third-order valence-electron chi connectivity index (χ3n) is 4.97. The number of carbonyl (C=O) groups is 1. The normalized spacial score (nSPS) is 15.3. The molecule has 3 heterocycles. The van der Waals surface area contributed by atoms with Crippen LogP contribution in [0.4, 0.5) is 0 Å². The first-order valence-electron chi connectivity index (χ1n) is 9.72. The van der Waals surface area contributed by atoms with Crippen molar-refractivity contribution in [2.45, 2.75) is 20.4 Å². The van der Waals surface area contributed by atoms with Gasteiger partial charge in [-0.25, -0.2) is 0 Å². The molecule has 1 aliphatic heterocycles. The molecule has 29 heavy (non-hydrogen) atoms. The van der Waals surface area contributed by atoms with E-state index in [9.17, 15) is 4.79 Å². The number of hydrogen-bond donors (Lipinski definition) is 0. The van der Waals surface area contributed by atoms with Crippen LogP contribution in [0, 0.1) is 13.8 Å². The Bertz CT molecular complexity index is 998. The van der Waals surface area contributed by atoms with Crippen LogP contribution in [-0.4, -0.2) is 52.0 Å². The van der Waals surface area contributed by atoms with Crippen LogP contribution < -0.4 is 0 Å². The first-order valence-corrected chi connectivity index (χ1v) is 10.5. The van der Waals surface area contributed by atoms with E-state index < -0.39 is 0 Å². The van der Waals surface area contributed by atoms with Crippen molar-refractivity contribution in [3.63, 3.8) is 0 Å². The molecule has 1 fully saturated rings. The SMILES string of the molecule is Cc1ccc(-c2noc(CN3CCN(C(=O)/C=C/c4ccc(C)s4)CC3)n2)cc1. The second kappa shape index (κ2) is 8.71. The second-order valence-electron chi connectivity index (χ2n) is 7.26. The van der Waals surface area contributed by atoms with Crippen LogP contribution in [-0.2, 0) is 11.3 Å². The molecule has 150 valence electrons. The van der Waals surface area contributed by atoms with Crippen molar-refractivity contribution in [2.24, 2.45) is 0 Å². The predicted molar refractivity (Wildman–Crippen MR) is 114 cm³/mol. The lowest BCUT2D eigenvalue weighted by atomic mass is 10.1. The van der Waals surface area contributed by atoms with Crippen LogP contribution in [0.5, 0.6) is 0 Å². The molecule has 1 aliphatic rings. The minimum atomic E-state index is 0.0650. The highest BCUT2D eigenvalue weighted by Gasteiger charge is 2.21. The highest BCUT2D eigenvalue weighted by atomic mass is 32.1. The lowest BCUT2D eigenvalue weighted by Gasteiger charge is -2.33. The molecule has 1 aromatic carbocycles. The number of piperazine rings is 1. The lowest BCUT2D eigenvalue weighted by molar-refractivity contribution is -0.127. The number of aromatic nitrogens is 2. The van der Waals surface area contributed by atoms with Crippen LogP contribution in [0.1, 0.15) is 21.2 Å². The number of aryl methyl sites for hydroxylation is 2. The molecular weight excluding hydrogens is 384 g/mol. The summed E-state index contributed by atoms with van der Waals surface area (Å²) in [5.41, 5.74) is 2.15. The molecule has 0 N–H and O–H groups in total. The summed E-state index contributed by atoms with van der Waals surface area (Å²) in [6.45, 7) is 7.70. The Hall–Kier alpha value is -2.77. The van der Waals surface area contributed by atoms with Crippen molar-refractivity contribution in [3.8, 4) is 11.4 Å². The van der Waals surface area contributed by atoms with Gasteiger partial charge in [-0.2, -0.15) is 4.98 Å². The minimum Gasteiger partial charge on any atom is -0.338 e. The summed E-state index contributed by atoms with van der Waals surface area (Å²) in [5, 5.41) is 4.09. The number of hydrogen-bond acceptors (Lipinski definition) is 6. The van der Waals surface area contributed by atoms with Gasteiger partial charge in [-0.3, -0.25) is 9.69 Å². The van der Waals surface area contributed by atoms with Gasteiger partial charge in [0.25, 0.3) is 0 Å². The van der Waals surface area contributed by atoms with Gasteiger partial charge < -0.3 is 9.42 Å². The summed E-state index contributed by atoms with van der Waals surface area (Å²) in [4.78, 5) is 23.4. The Morgan fingerprint density at radius 1 is 1.10 bits per heavy atom. The van der Waals surface area contributed by atoms with Crippen LogP contribution in [0.2, 0.25) is 0 Å². The Balaban J connectivity index is 1.28. The molecule has 0 radical (unpaired) electrons. The van der Waals surface area contributed by atoms with E-state index in [2.05, 4.69) is 35.0 Å². The van der Waals surface area contributed by atoms with Crippen molar-refractivity contribution >= 4 is 23.3 Å². The highest BCUT2D eigenvalue weighted by Crippen LogP contribution is 2.18. The van der Waals surface area contributed by atoms with Crippen molar-refractivity contribution in [3.05, 3.63) is 63.7 Å². The molecular formula is C22H24N4O2S. The predicted octanol–water partition coefficient (Wildman–Crippen LogP) is 3.77. The molecule has 1 amide bonds. The molecule has 0 saturated carbocycles. The van der Waals surface area contributed by atoms with Crippen LogP contribution in [0.15, 0.2) is 47.0 Å². The number of carbonyl (C=O) groups excluding carboxylic acids is 1. The molecule has 6 nitrogen and oxygen atoms in total. The monoisotopic (exact) mass is 408 g/mol. The molecule has 0 atom stereocenters. The van der Waals surface area contributed by atoms with E-state index in [1.807, 2.05) is 41.3 Å². The molecule has 3 aromatic rings. The van der Waals surface area contributed by atoms with Gasteiger partial charge in [0.15, 0.2) is 0 Å². The molecule has 7 heteroatoms. The largest absolute Gasteiger partial charge is 0.338 e. The van der Waals surface area contributed by atoms with E-state index in [0.717, 1.165) is 23.5 Å². The fourth-order valence-electron chi connectivity index (χ4n) is 3.26. The summed E-state index contributed by atoms with van der Waals surface area (Å²) in [6.07, 6.45) is 3.57. The smallest absolute Gasteiger partial charge is 0.246 e. The van der Waals surface area contributed by atoms with E-state index in [4.69, 9.17) is 4.52 Å². The summed E-state index contributed by atoms with van der Waals surface area (Å²) in [7, 11) is 0. The van der Waals surface area contributed by atoms with E-state index in [-0.39, 0.29) is 5.91 Å². The van der Waals surface area contributed by atoms with E-state index in [1.54, 1.807) is 17.4 Å². The van der Waals surface area contributed by atoms with Gasteiger partial charge in [-0.1, -0.05) is 35.0 Å². The Labute approximate surface area is 174 Å². The molecule has 4 rings (SSSR count). The van der Waals surface area contributed by atoms with Gasteiger partial charge in [-0.05, 0) is 32.1 Å². The number of thiophene rings is 1. The summed E-state index contributed by atoms with van der Waals surface area (Å²) >= 11 is 1.69. The standard InChI is InChI=1S/C22H24N4O2S/c1-16-3-6-18(7-4-16)22-23-20(28-24-22)15-25-11-13-26(14-12-25)21(27)10-9-19-8-5-17(2)29-19/h3-10H,11-15H2,1-2H3/b10-9+. The lowest BCUT2D eigenvalue weighted by Crippen LogP contribution is -2.47. The van der Waals surface area contributed by atoms with Crippen molar-refractivity contribution < 1.29 is 9.32 Å². The van der Waals surface area contributed by atoms with Gasteiger partial charge in [-0.15, -0.1) is 11.3 Å². The van der Waals surface area contributed by atoms with Gasteiger partial charge in [0, 0.05) is 47.6 Å². The van der Waals surface area contributed by atoms with Gasteiger partial charge in [0.05, 0.1) is 6.54 Å². The number of amides is 1. The fourth-order valence-corrected chi connectivity index (χ4v) is 4.04. The maximum Gasteiger partial charge on any atom is 0.246 e. The molecule has 0 unspecified atom stereocenters. The zero-order chi connectivity index (χ0) is 20.2. The van der Waals surface area contributed by atoms with Crippen molar-refractivity contribution in [2.75, 3.05) is 26.2 Å². The van der Waals surface area contributed by atoms with E-state index >= 15 is 0 Å². The number of benzene rings is 1. The maximum atomic E-state index is 12.4. The molecule has 1 saturated heterocycles. The fraction of sp³-hybridized carbons (Fsp3) is 0.318. The average molecular weight is 409 g/mol. The zero-order valence-corrected chi connectivity index (χ0v) is 17.5. The van der Waals surface area contributed by atoms with Crippen LogP contribution in [0.25, 0.3) is 17.5 Å². The number of nitrogens with zero attached hydrogens (tertiary/aromatic N) is 4. The third-order valence-corrected chi connectivity index (χ3v) is 5.94. The Morgan fingerprint density at radius 3 is 2.55 bits per heavy atom. The zero-order valence-electron chi connectivity index (χ0n) is 16.7. The van der Waals surface area contributed by atoms with Crippen molar-refractivity contribution in [1.29, 1.82) is 0 Å². The number of rotatable bonds is 5. The molecule has 0 aliphatic carbocycles. The van der Waals surface area contributed by atoms with Gasteiger partial charge in [0.1, 0.15) is 0 Å². The van der Waals surface area contributed by atoms with Gasteiger partial charge >= 0.3 is 0 Å². The summed E-state index contributed by atoms with van der Waals surface area (Å²) in [6, 6.07) is 12.2. The molecule has 0 spiro atoms. The minimum absolute atomic E-state index is 0.0650. The topological polar surface area (TPSA) is 62.5 Å². The molecule has 2 aromatic heterocycles. The summed E-state index contributed by atoms with van der Waals surface area (Å²) < 4.78 is 5.42. The molecule has 0 bridgehead atoms. The Morgan fingerprint density at radius 2 is 1.86 bits per heavy atom. The van der Waals surface area contributed by atoms with Crippen LogP contribution >= 0.6 is 11.3 Å². The first-order chi connectivity index (χ1) is 14.1. The van der Waals surface area contributed by atoms with Crippen LogP contribution in [0.3, 0.4) is 0 Å². The highest BCUT2D eigenvalue weighted by molar-refractivity contribution is 7.12. The van der Waals surface area contributed by atoms with E-state index in [1.165, 1.54) is 10.4 Å². The Kier molecular flexibility index (Phi) is 5.87. The summed E-state index contributed by atoms with van der Waals surface area (Å²) in [5.74, 6) is 1.28. The average Bonchev–Trinajstić information content (AvgIpc) is 3.36. The van der Waals surface area contributed by atoms with Crippen molar-refractivity contribution in [1.82, 2.24) is 19.9 Å².